The Morgan fingerprint density at radius 3 is 2.25 bits per heavy atom. The molecule has 0 saturated carbocycles. The Hall–Kier alpha value is -0.240. The van der Waals surface area contributed by atoms with Crippen LogP contribution in [0.5, 0.6) is 0 Å². The summed E-state index contributed by atoms with van der Waals surface area (Å²) >= 11 is 4.77. The average molecular weight is 78.5 g/mol. The van der Waals surface area contributed by atoms with E-state index in [4.69, 9.17) is 11.6 Å². The Bertz CT molecular complexity index is 21.2. The van der Waals surface area contributed by atoms with E-state index in [1.165, 1.54) is 0 Å². The Morgan fingerprint density at radius 1 is 2.00 bits per heavy atom. The maximum Gasteiger partial charge on any atom is 0.112 e. The van der Waals surface area contributed by atoms with Gasteiger partial charge in [0, 0.05) is 0 Å². The molecule has 0 amide bonds. The van der Waals surface area contributed by atoms with E-state index < -0.39 is 0 Å². The molecule has 0 aliphatic heterocycles. The highest BCUT2D eigenvalue weighted by atomic mass is 35.5. The minimum absolute atomic E-state index is 1.00. The summed E-state index contributed by atoms with van der Waals surface area (Å²) in [6, 6.07) is 0. The van der Waals surface area contributed by atoms with Gasteiger partial charge in [-0.3, -0.25) is 0 Å². The maximum absolute atomic E-state index is 4.77. The number of hydrogen-bond acceptors (Lipinski definition) is 2. The van der Waals surface area contributed by atoms with Crippen LogP contribution in [-0.4, -0.2) is 5.67 Å². The first-order valence-electron chi connectivity index (χ1n) is 0.735. The molecule has 0 aromatic rings. The van der Waals surface area contributed by atoms with E-state index >= 15 is 0 Å². The van der Waals surface area contributed by atoms with Gasteiger partial charge in [-0.05, 0) is 0 Å². The van der Waals surface area contributed by atoms with Crippen molar-refractivity contribution in [2.75, 3.05) is 0 Å². The predicted octanol–water partition coefficient (Wildman–Crippen LogP) is 0.127. The minimum atomic E-state index is 1.00. The maximum atomic E-state index is 4.77. The molecule has 2 N–H and O–H groups in total. The zero-order valence-corrected chi connectivity index (χ0v) is 2.74. The number of hydrazone groups is 1. The van der Waals surface area contributed by atoms with Crippen molar-refractivity contribution in [3.8, 4) is 0 Å². The highest BCUT2D eigenvalue weighted by Crippen LogP contribution is 1.50. The first-order valence-corrected chi connectivity index (χ1v) is 1.17. The van der Waals surface area contributed by atoms with E-state index in [-0.39, 0.29) is 0 Å². The van der Waals surface area contributed by atoms with Gasteiger partial charge < -0.3 is 5.84 Å². The summed E-state index contributed by atoms with van der Waals surface area (Å²) in [5, 5.41) is 2.88. The van der Waals surface area contributed by atoms with E-state index in [9.17, 15) is 0 Å². The normalized spacial score (nSPS) is 9.25. The van der Waals surface area contributed by atoms with Gasteiger partial charge in [-0.25, -0.2) is 0 Å². The zero-order valence-electron chi connectivity index (χ0n) is 1.98. The molecule has 0 rings (SSSR count). The second kappa shape index (κ2) is 2.76. The molecule has 0 fully saturated rings. The largest absolute Gasteiger partial charge is 0.322 e. The van der Waals surface area contributed by atoms with Crippen molar-refractivity contribution in [1.82, 2.24) is 0 Å². The molecule has 4 heavy (non-hydrogen) atoms. The van der Waals surface area contributed by atoms with E-state index in [0.717, 1.165) is 5.67 Å². The Morgan fingerprint density at radius 2 is 2.25 bits per heavy atom. The fourth-order valence-electron chi connectivity index (χ4n) is 0. The monoisotopic (exact) mass is 78.0 g/mol. The predicted molar refractivity (Wildman–Crippen MR) is 18.5 cm³/mol. The molecule has 0 aromatic heterocycles. The molecule has 0 bridgehead atoms. The van der Waals surface area contributed by atoms with Crippen molar-refractivity contribution in [3.63, 3.8) is 0 Å². The third-order valence-corrected chi connectivity index (χ3v) is 0.169. The van der Waals surface area contributed by atoms with E-state index in [0.29, 0.717) is 0 Å². The summed E-state index contributed by atoms with van der Waals surface area (Å²) in [7, 11) is 0. The fraction of sp³-hybridized carbons (Fsp3) is 0. The van der Waals surface area contributed by atoms with E-state index in [1.54, 1.807) is 0 Å². The molecule has 0 atom stereocenters. The summed E-state index contributed by atoms with van der Waals surface area (Å²) in [5.74, 6) is 4.47. The third kappa shape index (κ3) is 1.76. The second-order valence-electron chi connectivity index (χ2n) is 0.247. The molecule has 0 heterocycles. The quantitative estimate of drug-likeness (QED) is 0.250. The number of nitrogens with two attached hydrogens (primary N) is 1. The number of halogens is 1. The smallest absolute Gasteiger partial charge is 0.112 e. The fourth-order valence-corrected chi connectivity index (χ4v) is 0. The molecule has 0 aliphatic rings. The second-order valence-corrected chi connectivity index (χ2v) is 0.442. The Balaban J connectivity index is 2.55. The van der Waals surface area contributed by atoms with Crippen LogP contribution in [0.15, 0.2) is 5.10 Å². The lowest BCUT2D eigenvalue weighted by atomic mass is 11.7. The van der Waals surface area contributed by atoms with Crippen molar-refractivity contribution in [2.45, 2.75) is 0 Å². The van der Waals surface area contributed by atoms with Gasteiger partial charge in [-0.15, -0.1) is 0 Å². The molecule has 3 heteroatoms. The van der Waals surface area contributed by atoms with E-state index in [2.05, 4.69) is 10.9 Å². The van der Waals surface area contributed by atoms with E-state index in [1.807, 2.05) is 0 Å². The van der Waals surface area contributed by atoms with Crippen LogP contribution in [0.3, 0.4) is 0 Å². The summed E-state index contributed by atoms with van der Waals surface area (Å²) in [4.78, 5) is 0. The van der Waals surface area contributed by atoms with Crippen LogP contribution in [0.25, 0.3) is 0 Å². The van der Waals surface area contributed by atoms with Gasteiger partial charge in [0.05, 0.1) is 0 Å². The highest BCUT2D eigenvalue weighted by molar-refractivity contribution is 6.56. The van der Waals surface area contributed by atoms with Gasteiger partial charge in [0.1, 0.15) is 5.67 Å². The summed E-state index contributed by atoms with van der Waals surface area (Å²) in [6.45, 7) is 0. The number of nitrogens with zero attached hydrogens (tertiary/aromatic N) is 1. The van der Waals surface area contributed by atoms with Crippen molar-refractivity contribution in [3.05, 3.63) is 0 Å². The van der Waals surface area contributed by atoms with Crippen LogP contribution in [0.4, 0.5) is 0 Å². The molecule has 0 aromatic carbocycles. The molecular formula is CH3ClN2. The molecule has 0 radical (unpaired) electrons. The van der Waals surface area contributed by atoms with Crippen molar-refractivity contribution in [2.24, 2.45) is 10.9 Å². The average Bonchev–Trinajstić information content (AvgIpc) is 1.37. The molecular weight excluding hydrogens is 75.5 g/mol. The van der Waals surface area contributed by atoms with Gasteiger partial charge in [0.25, 0.3) is 0 Å². The third-order valence-electron chi connectivity index (χ3n) is 0.0563. The van der Waals surface area contributed by atoms with Crippen molar-refractivity contribution < 1.29 is 0 Å². The lowest BCUT2D eigenvalue weighted by Gasteiger charge is -1.53. The Kier molecular flexibility index (Phi) is 2.59. The number of rotatable bonds is 0. The standard InChI is InChI=1S/CH3ClN2/c2-1-4-3/h1H,3H2. The molecule has 0 spiro atoms. The molecule has 24 valence electrons. The van der Waals surface area contributed by atoms with Gasteiger partial charge in [0.2, 0.25) is 0 Å². The van der Waals surface area contributed by atoms with Crippen LogP contribution in [0.1, 0.15) is 0 Å². The summed E-state index contributed by atoms with van der Waals surface area (Å²) in [6.07, 6.45) is 0. The van der Waals surface area contributed by atoms with Crippen LogP contribution in [0.2, 0.25) is 0 Å². The van der Waals surface area contributed by atoms with Crippen LogP contribution in [-0.2, 0) is 0 Å². The topological polar surface area (TPSA) is 38.4 Å². The number of hydrogen-bond donors (Lipinski definition) is 1. The molecule has 0 unspecified atom stereocenters. The molecule has 2 nitrogen and oxygen atoms in total. The highest BCUT2D eigenvalue weighted by Gasteiger charge is 1.35. The summed E-state index contributed by atoms with van der Waals surface area (Å²) in [5.41, 5.74) is 1.00. The van der Waals surface area contributed by atoms with Gasteiger partial charge in [-0.2, -0.15) is 5.10 Å². The van der Waals surface area contributed by atoms with Crippen molar-refractivity contribution in [1.29, 1.82) is 0 Å². The molecule has 0 saturated heterocycles. The summed E-state index contributed by atoms with van der Waals surface area (Å²) < 4.78 is 0. The van der Waals surface area contributed by atoms with Gasteiger partial charge in [-0.1, -0.05) is 11.6 Å². The van der Waals surface area contributed by atoms with Crippen LogP contribution in [0, 0.1) is 0 Å². The SMILES string of the molecule is NN=CCl. The first kappa shape index (κ1) is 3.76. The van der Waals surface area contributed by atoms with Gasteiger partial charge >= 0.3 is 0 Å². The Labute approximate surface area is 29.2 Å². The lowest BCUT2D eigenvalue weighted by Crippen LogP contribution is -1.72. The molecule has 0 aliphatic carbocycles. The van der Waals surface area contributed by atoms with Crippen LogP contribution >= 0.6 is 11.6 Å². The minimum Gasteiger partial charge on any atom is -0.322 e. The first-order chi connectivity index (χ1) is 1.91. The lowest BCUT2D eigenvalue weighted by molar-refractivity contribution is 1.27. The van der Waals surface area contributed by atoms with Gasteiger partial charge in [0.15, 0.2) is 0 Å². The zero-order chi connectivity index (χ0) is 3.41. The van der Waals surface area contributed by atoms with Crippen molar-refractivity contribution >= 4 is 17.3 Å². The van der Waals surface area contributed by atoms with Crippen LogP contribution < -0.4 is 5.84 Å².